The Kier molecular flexibility index (Phi) is 14.0. The average molecular weight is 667 g/mol. The molecule has 0 radical (unpaired) electrons. The lowest BCUT2D eigenvalue weighted by atomic mass is 9.84. The summed E-state index contributed by atoms with van der Waals surface area (Å²) >= 11 is 0. The van der Waals surface area contributed by atoms with E-state index in [4.69, 9.17) is 14.2 Å². The highest BCUT2D eigenvalue weighted by atomic mass is 19.4. The van der Waals surface area contributed by atoms with E-state index in [9.17, 15) is 22.8 Å². The van der Waals surface area contributed by atoms with Gasteiger partial charge in [0.1, 0.15) is 11.5 Å². The fourth-order valence-electron chi connectivity index (χ4n) is 5.98. The molecule has 0 saturated carbocycles. The van der Waals surface area contributed by atoms with Gasteiger partial charge in [0.15, 0.2) is 6.10 Å². The topological polar surface area (TPSA) is 61.8 Å². The molecule has 0 aromatic heterocycles. The molecule has 5 nitrogen and oxygen atoms in total. The molecule has 3 atom stereocenters. The van der Waals surface area contributed by atoms with Gasteiger partial charge in [0.05, 0.1) is 18.1 Å². The lowest BCUT2D eigenvalue weighted by Gasteiger charge is -2.27. The van der Waals surface area contributed by atoms with E-state index in [2.05, 4.69) is 13.8 Å². The molecule has 48 heavy (non-hydrogen) atoms. The third kappa shape index (κ3) is 11.1. The minimum absolute atomic E-state index is 0.211. The Morgan fingerprint density at radius 1 is 0.812 bits per heavy atom. The molecule has 0 heterocycles. The zero-order valence-electron chi connectivity index (χ0n) is 28.5. The number of halogens is 3. The van der Waals surface area contributed by atoms with Crippen LogP contribution in [0.15, 0.2) is 66.7 Å². The van der Waals surface area contributed by atoms with Gasteiger partial charge in [-0.05, 0) is 110 Å². The van der Waals surface area contributed by atoms with E-state index < -0.39 is 30.1 Å². The first-order valence-corrected chi connectivity index (χ1v) is 17.5. The largest absolute Gasteiger partial charge is 0.494 e. The minimum atomic E-state index is -4.58. The summed E-state index contributed by atoms with van der Waals surface area (Å²) in [5.74, 6) is 0.0417. The Labute approximate surface area is 283 Å². The number of unbranched alkanes of at least 4 members (excludes halogenated alkanes) is 4. The van der Waals surface area contributed by atoms with Gasteiger partial charge in [-0.15, -0.1) is 0 Å². The molecular weight excluding hydrogens is 617 g/mol. The summed E-state index contributed by atoms with van der Waals surface area (Å²) < 4.78 is 57.1. The van der Waals surface area contributed by atoms with E-state index in [1.54, 1.807) is 30.3 Å². The highest BCUT2D eigenvalue weighted by Crippen LogP contribution is 2.33. The van der Waals surface area contributed by atoms with Crippen molar-refractivity contribution >= 4 is 11.9 Å². The second-order valence-electron chi connectivity index (χ2n) is 13.0. The van der Waals surface area contributed by atoms with Crippen LogP contribution in [0.2, 0.25) is 0 Å². The van der Waals surface area contributed by atoms with Crippen LogP contribution in [0, 0.1) is 11.8 Å². The molecular formula is C40H49F3O5. The molecule has 3 aromatic rings. The summed E-state index contributed by atoms with van der Waals surface area (Å²) in [5.41, 5.74) is 4.14. The van der Waals surface area contributed by atoms with Crippen LogP contribution in [0.1, 0.15) is 106 Å². The van der Waals surface area contributed by atoms with Crippen LogP contribution >= 0.6 is 0 Å². The Morgan fingerprint density at radius 3 is 2.15 bits per heavy atom. The number of hydrogen-bond donors (Lipinski definition) is 0. The van der Waals surface area contributed by atoms with Crippen molar-refractivity contribution in [3.05, 3.63) is 83.4 Å². The SMILES string of the molecule is CCCCCC[C@@H](OC(=O)C1CCc2cc(OC(=O)c3ccc(-c4ccc(OCCCC[C@@H](C)CC)cc4)cc3)ccc2C1)C(F)(F)F. The minimum Gasteiger partial charge on any atom is -0.494 e. The molecule has 0 bridgehead atoms. The van der Waals surface area contributed by atoms with Crippen LogP contribution in [0.4, 0.5) is 13.2 Å². The monoisotopic (exact) mass is 666 g/mol. The van der Waals surface area contributed by atoms with Crippen LogP contribution in [0.3, 0.4) is 0 Å². The second kappa shape index (κ2) is 18.1. The Hall–Kier alpha value is -3.81. The van der Waals surface area contributed by atoms with Gasteiger partial charge in [0.25, 0.3) is 0 Å². The average Bonchev–Trinajstić information content (AvgIpc) is 3.08. The van der Waals surface area contributed by atoms with Crippen LogP contribution in [0.5, 0.6) is 11.5 Å². The standard InChI is InChI=1S/C40H49F3O5/c1-4-6-7-8-12-37(40(41,42)43)48-39(45)34-18-17-33-27-36(24-21-32(33)26-34)47-38(44)31-15-13-29(14-16-31)30-19-22-35(23-20-30)46-25-10-9-11-28(3)5-2/h13-16,19-24,27-28,34,37H,4-12,17-18,25-26H2,1-3H3/t28-,34?,37+/m0/s1. The molecule has 1 unspecified atom stereocenters. The molecule has 0 saturated heterocycles. The maximum Gasteiger partial charge on any atom is 0.425 e. The number of fused-ring (bicyclic) bond motifs is 1. The Morgan fingerprint density at radius 2 is 1.48 bits per heavy atom. The number of aryl methyl sites for hydroxylation is 1. The lowest BCUT2D eigenvalue weighted by molar-refractivity contribution is -0.225. The first-order chi connectivity index (χ1) is 23.1. The van der Waals surface area contributed by atoms with Crippen LogP contribution in [-0.2, 0) is 22.4 Å². The molecule has 0 fully saturated rings. The molecule has 0 amide bonds. The molecule has 0 aliphatic heterocycles. The summed E-state index contributed by atoms with van der Waals surface area (Å²) in [7, 11) is 0. The summed E-state index contributed by atoms with van der Waals surface area (Å²) in [6, 6.07) is 20.3. The van der Waals surface area contributed by atoms with Crippen molar-refractivity contribution in [1.82, 2.24) is 0 Å². The van der Waals surface area contributed by atoms with Crippen molar-refractivity contribution in [2.45, 2.75) is 110 Å². The fourth-order valence-corrected chi connectivity index (χ4v) is 5.98. The molecule has 4 rings (SSSR count). The number of esters is 2. The highest BCUT2D eigenvalue weighted by Gasteiger charge is 2.43. The lowest BCUT2D eigenvalue weighted by Crippen LogP contribution is -2.37. The normalized spacial score (nSPS) is 15.7. The smallest absolute Gasteiger partial charge is 0.425 e. The molecule has 0 N–H and O–H groups in total. The predicted octanol–water partition coefficient (Wildman–Crippen LogP) is 10.7. The molecule has 1 aliphatic carbocycles. The molecule has 3 aromatic carbocycles. The number of benzene rings is 3. The van der Waals surface area contributed by atoms with Gasteiger partial charge in [-0.25, -0.2) is 4.79 Å². The van der Waals surface area contributed by atoms with E-state index in [1.165, 1.54) is 19.3 Å². The summed E-state index contributed by atoms with van der Waals surface area (Å²) in [6.45, 7) is 7.20. The number of alkyl halides is 3. The van der Waals surface area contributed by atoms with Crippen molar-refractivity contribution in [3.8, 4) is 22.6 Å². The molecule has 1 aliphatic rings. The van der Waals surface area contributed by atoms with Crippen LogP contribution in [-0.4, -0.2) is 30.8 Å². The second-order valence-corrected chi connectivity index (χ2v) is 13.0. The van der Waals surface area contributed by atoms with E-state index in [-0.39, 0.29) is 12.8 Å². The van der Waals surface area contributed by atoms with Gasteiger partial charge in [0, 0.05) is 0 Å². The van der Waals surface area contributed by atoms with Crippen molar-refractivity contribution in [3.63, 3.8) is 0 Å². The number of carbonyl (C=O) groups is 2. The Bertz CT molecular complexity index is 1450. The predicted molar refractivity (Wildman–Crippen MR) is 182 cm³/mol. The van der Waals surface area contributed by atoms with Gasteiger partial charge >= 0.3 is 18.1 Å². The van der Waals surface area contributed by atoms with E-state index in [1.807, 2.05) is 43.3 Å². The van der Waals surface area contributed by atoms with E-state index >= 15 is 0 Å². The van der Waals surface area contributed by atoms with Gasteiger partial charge in [-0.1, -0.05) is 83.2 Å². The molecule has 260 valence electrons. The summed E-state index contributed by atoms with van der Waals surface area (Å²) in [6.07, 6.45) is 1.74. The third-order valence-corrected chi connectivity index (χ3v) is 9.26. The highest BCUT2D eigenvalue weighted by molar-refractivity contribution is 5.91. The quantitative estimate of drug-likeness (QED) is 0.0815. The molecule has 0 spiro atoms. The Balaban J connectivity index is 1.27. The number of rotatable bonds is 17. The van der Waals surface area contributed by atoms with Gasteiger partial charge < -0.3 is 14.2 Å². The van der Waals surface area contributed by atoms with Gasteiger partial charge in [-0.2, -0.15) is 13.2 Å². The van der Waals surface area contributed by atoms with Crippen LogP contribution < -0.4 is 9.47 Å². The molecule has 8 heteroatoms. The number of carbonyl (C=O) groups excluding carboxylic acids is 2. The number of hydrogen-bond acceptors (Lipinski definition) is 5. The zero-order valence-corrected chi connectivity index (χ0v) is 28.5. The first kappa shape index (κ1) is 37.0. The summed E-state index contributed by atoms with van der Waals surface area (Å²) in [4.78, 5) is 25.7. The fraction of sp³-hybridized carbons (Fsp3) is 0.500. The summed E-state index contributed by atoms with van der Waals surface area (Å²) in [5, 5.41) is 0. The van der Waals surface area contributed by atoms with Crippen LogP contribution in [0.25, 0.3) is 11.1 Å². The maximum atomic E-state index is 13.5. The van der Waals surface area contributed by atoms with E-state index in [0.29, 0.717) is 43.6 Å². The van der Waals surface area contributed by atoms with Crippen molar-refractivity contribution in [1.29, 1.82) is 0 Å². The van der Waals surface area contributed by atoms with Crippen molar-refractivity contribution in [2.24, 2.45) is 11.8 Å². The number of ether oxygens (including phenoxy) is 3. The van der Waals surface area contributed by atoms with Gasteiger partial charge in [0.2, 0.25) is 0 Å². The van der Waals surface area contributed by atoms with Crippen molar-refractivity contribution in [2.75, 3.05) is 6.61 Å². The van der Waals surface area contributed by atoms with Gasteiger partial charge in [-0.3, -0.25) is 4.79 Å². The zero-order chi connectivity index (χ0) is 34.5. The third-order valence-electron chi connectivity index (χ3n) is 9.26. The van der Waals surface area contributed by atoms with Crippen molar-refractivity contribution < 1.29 is 37.0 Å². The van der Waals surface area contributed by atoms with E-state index in [0.717, 1.165) is 53.2 Å². The first-order valence-electron chi connectivity index (χ1n) is 17.5. The maximum absolute atomic E-state index is 13.5.